The zero-order valence-corrected chi connectivity index (χ0v) is 16.0. The third kappa shape index (κ3) is 3.29. The molecule has 2 heterocycles. The van der Waals surface area contributed by atoms with Crippen molar-refractivity contribution in [3.63, 3.8) is 0 Å². The van der Waals surface area contributed by atoms with Gasteiger partial charge in [0, 0.05) is 23.7 Å². The number of anilines is 1. The first-order valence-corrected chi connectivity index (χ1v) is 9.15. The lowest BCUT2D eigenvalue weighted by Gasteiger charge is -2.14. The molecule has 0 aliphatic rings. The van der Waals surface area contributed by atoms with Gasteiger partial charge in [-0.3, -0.25) is 14.5 Å². The monoisotopic (exact) mass is 347 g/mol. The van der Waals surface area contributed by atoms with Gasteiger partial charge in [-0.2, -0.15) is 0 Å². The second-order valence-electron chi connectivity index (χ2n) is 6.12. The zero-order chi connectivity index (χ0) is 18.0. The number of Topliss-reactive ketones (excluding diaryl/α,β-unsaturated/α-hetero) is 1. The van der Waals surface area contributed by atoms with Gasteiger partial charge in [-0.1, -0.05) is 20.8 Å². The highest BCUT2D eigenvalue weighted by atomic mass is 32.1. The highest BCUT2D eigenvalue weighted by Gasteiger charge is 2.25. The number of amides is 1. The number of aromatic amines is 1. The van der Waals surface area contributed by atoms with Gasteiger partial charge in [0.15, 0.2) is 10.9 Å². The van der Waals surface area contributed by atoms with Gasteiger partial charge >= 0.3 is 0 Å². The maximum atomic E-state index is 12.9. The van der Waals surface area contributed by atoms with Gasteiger partial charge < -0.3 is 4.98 Å². The molecular formula is C18H25N3O2S. The number of thiazole rings is 1. The van der Waals surface area contributed by atoms with Crippen LogP contribution in [0.3, 0.4) is 0 Å². The molecule has 0 aromatic carbocycles. The Morgan fingerprint density at radius 3 is 2.58 bits per heavy atom. The Labute approximate surface area is 147 Å². The van der Waals surface area contributed by atoms with Crippen molar-refractivity contribution in [1.29, 1.82) is 0 Å². The molecule has 6 heteroatoms. The maximum absolute atomic E-state index is 12.9. The fourth-order valence-corrected chi connectivity index (χ4v) is 3.72. The minimum Gasteiger partial charge on any atom is -0.354 e. The van der Waals surface area contributed by atoms with Crippen LogP contribution < -0.4 is 4.90 Å². The van der Waals surface area contributed by atoms with Crippen molar-refractivity contribution in [1.82, 2.24) is 9.97 Å². The summed E-state index contributed by atoms with van der Waals surface area (Å²) in [5.41, 5.74) is 3.67. The van der Waals surface area contributed by atoms with Crippen LogP contribution >= 0.6 is 11.3 Å². The molecule has 1 atom stereocenters. The standard InChI is InChI=1S/C18H25N3O2S/c1-7-10(3)14-9-24-18(20-14)21(6)17(23)16-13(8-2)15(12(5)22)11(4)19-16/h9-10,19H,7-8H2,1-6H3/t10-/m1/s1. The molecule has 0 aliphatic carbocycles. The van der Waals surface area contributed by atoms with Crippen LogP contribution in [0.5, 0.6) is 0 Å². The van der Waals surface area contributed by atoms with E-state index in [4.69, 9.17) is 0 Å². The van der Waals surface area contributed by atoms with Crippen molar-refractivity contribution in [2.75, 3.05) is 11.9 Å². The molecule has 0 radical (unpaired) electrons. The van der Waals surface area contributed by atoms with Crippen LogP contribution in [0.25, 0.3) is 0 Å². The number of H-pyrrole nitrogens is 1. The van der Waals surface area contributed by atoms with Crippen molar-refractivity contribution in [3.8, 4) is 0 Å². The summed E-state index contributed by atoms with van der Waals surface area (Å²) in [7, 11) is 1.73. The first-order chi connectivity index (χ1) is 11.3. The molecule has 0 spiro atoms. The quantitative estimate of drug-likeness (QED) is 0.791. The molecule has 2 rings (SSSR count). The molecule has 2 aromatic heterocycles. The Morgan fingerprint density at radius 2 is 2.04 bits per heavy atom. The van der Waals surface area contributed by atoms with E-state index in [0.29, 0.717) is 28.7 Å². The highest BCUT2D eigenvalue weighted by Crippen LogP contribution is 2.28. The number of aryl methyl sites for hydroxylation is 1. The normalized spacial score (nSPS) is 12.2. The molecule has 0 bridgehead atoms. The summed E-state index contributed by atoms with van der Waals surface area (Å²) in [5.74, 6) is 0.199. The highest BCUT2D eigenvalue weighted by molar-refractivity contribution is 7.14. The van der Waals surface area contributed by atoms with E-state index in [0.717, 1.165) is 23.4 Å². The van der Waals surface area contributed by atoms with E-state index >= 15 is 0 Å². The summed E-state index contributed by atoms with van der Waals surface area (Å²) < 4.78 is 0. The van der Waals surface area contributed by atoms with Crippen LogP contribution in [-0.4, -0.2) is 28.7 Å². The van der Waals surface area contributed by atoms with Crippen LogP contribution in [0.1, 0.15) is 77.8 Å². The fourth-order valence-electron chi connectivity index (χ4n) is 2.81. The summed E-state index contributed by atoms with van der Waals surface area (Å²) >= 11 is 1.47. The molecule has 2 aromatic rings. The van der Waals surface area contributed by atoms with Gasteiger partial charge in [0.1, 0.15) is 5.69 Å². The lowest BCUT2D eigenvalue weighted by molar-refractivity contribution is 0.0987. The summed E-state index contributed by atoms with van der Waals surface area (Å²) in [5, 5.41) is 2.68. The number of nitrogens with one attached hydrogen (secondary N) is 1. The van der Waals surface area contributed by atoms with E-state index in [1.165, 1.54) is 18.3 Å². The Balaban J connectivity index is 2.36. The third-order valence-corrected chi connectivity index (χ3v) is 5.36. The zero-order valence-electron chi connectivity index (χ0n) is 15.2. The Bertz CT molecular complexity index is 760. The predicted molar refractivity (Wildman–Crippen MR) is 98.5 cm³/mol. The molecule has 0 saturated carbocycles. The summed E-state index contributed by atoms with van der Waals surface area (Å²) in [4.78, 5) is 34.0. The van der Waals surface area contributed by atoms with Crippen LogP contribution in [0.15, 0.2) is 5.38 Å². The van der Waals surface area contributed by atoms with Crippen LogP contribution in [-0.2, 0) is 6.42 Å². The average molecular weight is 347 g/mol. The van der Waals surface area contributed by atoms with Gasteiger partial charge in [-0.05, 0) is 38.2 Å². The number of aromatic nitrogens is 2. The van der Waals surface area contributed by atoms with E-state index in [-0.39, 0.29) is 11.7 Å². The molecular weight excluding hydrogens is 322 g/mol. The van der Waals surface area contributed by atoms with Crippen molar-refractivity contribution in [2.45, 2.75) is 53.4 Å². The minimum absolute atomic E-state index is 0.0180. The summed E-state index contributed by atoms with van der Waals surface area (Å²) in [6, 6.07) is 0. The number of hydrogen-bond donors (Lipinski definition) is 1. The molecule has 0 aliphatic heterocycles. The van der Waals surface area contributed by atoms with Crippen molar-refractivity contribution in [2.24, 2.45) is 0 Å². The molecule has 24 heavy (non-hydrogen) atoms. The van der Waals surface area contributed by atoms with E-state index < -0.39 is 0 Å². The molecule has 0 fully saturated rings. The van der Waals surface area contributed by atoms with E-state index in [2.05, 4.69) is 23.8 Å². The molecule has 1 N–H and O–H groups in total. The van der Waals surface area contributed by atoms with E-state index in [1.807, 2.05) is 19.2 Å². The van der Waals surface area contributed by atoms with Crippen LogP contribution in [0, 0.1) is 6.92 Å². The molecule has 0 unspecified atom stereocenters. The first-order valence-electron chi connectivity index (χ1n) is 8.27. The van der Waals surface area contributed by atoms with Crippen LogP contribution in [0.2, 0.25) is 0 Å². The molecule has 5 nitrogen and oxygen atoms in total. The second kappa shape index (κ2) is 7.30. The van der Waals surface area contributed by atoms with Crippen molar-refractivity contribution < 1.29 is 9.59 Å². The molecule has 1 amide bonds. The van der Waals surface area contributed by atoms with Gasteiger partial charge in [-0.25, -0.2) is 4.98 Å². The third-order valence-electron chi connectivity index (χ3n) is 4.43. The SMILES string of the molecule is CCc1c(C(=O)N(C)c2nc([C@H](C)CC)cs2)[nH]c(C)c1C(C)=O. The predicted octanol–water partition coefficient (Wildman–Crippen LogP) is 4.33. The van der Waals surface area contributed by atoms with Gasteiger partial charge in [0.25, 0.3) is 5.91 Å². The van der Waals surface area contributed by atoms with Crippen LogP contribution in [0.4, 0.5) is 5.13 Å². The Morgan fingerprint density at radius 1 is 1.38 bits per heavy atom. The van der Waals surface area contributed by atoms with E-state index in [1.54, 1.807) is 11.9 Å². The van der Waals surface area contributed by atoms with Gasteiger partial charge in [-0.15, -0.1) is 11.3 Å². The lowest BCUT2D eigenvalue weighted by Crippen LogP contribution is -2.27. The Hall–Kier alpha value is -1.95. The lowest BCUT2D eigenvalue weighted by atomic mass is 10.0. The molecule has 130 valence electrons. The van der Waals surface area contributed by atoms with Gasteiger partial charge in [0.05, 0.1) is 5.69 Å². The number of rotatable bonds is 6. The number of ketones is 1. The largest absolute Gasteiger partial charge is 0.354 e. The van der Waals surface area contributed by atoms with Gasteiger partial charge in [0.2, 0.25) is 0 Å². The van der Waals surface area contributed by atoms with E-state index in [9.17, 15) is 9.59 Å². The summed E-state index contributed by atoms with van der Waals surface area (Å²) in [6.07, 6.45) is 1.64. The van der Waals surface area contributed by atoms with Crippen molar-refractivity contribution >= 4 is 28.2 Å². The number of carbonyl (C=O) groups excluding carboxylic acids is 2. The minimum atomic E-state index is -0.160. The smallest absolute Gasteiger partial charge is 0.276 e. The average Bonchev–Trinajstić information content (AvgIpc) is 3.16. The Kier molecular flexibility index (Phi) is 5.59. The molecule has 0 saturated heterocycles. The first kappa shape index (κ1) is 18.4. The second-order valence-corrected chi connectivity index (χ2v) is 6.95. The number of nitrogens with zero attached hydrogens (tertiary/aromatic N) is 2. The topological polar surface area (TPSA) is 66.1 Å². The summed E-state index contributed by atoms with van der Waals surface area (Å²) in [6.45, 7) is 9.57. The van der Waals surface area contributed by atoms with Crippen molar-refractivity contribution in [3.05, 3.63) is 33.6 Å². The fraction of sp³-hybridized carbons (Fsp3) is 0.500. The number of hydrogen-bond acceptors (Lipinski definition) is 4. The number of carbonyl (C=O) groups is 2. The maximum Gasteiger partial charge on any atom is 0.276 e.